The van der Waals surface area contributed by atoms with Crippen molar-refractivity contribution in [3.63, 3.8) is 0 Å². The highest BCUT2D eigenvalue weighted by Crippen LogP contribution is 2.23. The van der Waals surface area contributed by atoms with Crippen LogP contribution in [0.15, 0.2) is 65.3 Å². The summed E-state index contributed by atoms with van der Waals surface area (Å²) in [4.78, 5) is 30.7. The summed E-state index contributed by atoms with van der Waals surface area (Å²) in [6.45, 7) is 1.84. The number of carbonyl (C=O) groups is 2. The third-order valence-electron chi connectivity index (χ3n) is 4.48. The van der Waals surface area contributed by atoms with Crippen molar-refractivity contribution in [2.75, 3.05) is 24.2 Å². The molecular formula is C21H21BrN4O2. The second kappa shape index (κ2) is 8.95. The number of halogens is 1. The van der Waals surface area contributed by atoms with Gasteiger partial charge in [0.15, 0.2) is 0 Å². The van der Waals surface area contributed by atoms with Gasteiger partial charge in [0.25, 0.3) is 0 Å². The van der Waals surface area contributed by atoms with E-state index in [2.05, 4.69) is 31.5 Å². The van der Waals surface area contributed by atoms with Crippen molar-refractivity contribution in [1.29, 1.82) is 0 Å². The zero-order chi connectivity index (χ0) is 20.1. The highest BCUT2D eigenvalue weighted by Gasteiger charge is 2.21. The maximum Gasteiger partial charge on any atom is 0.241 e. The molecule has 3 aromatic rings. The Balaban J connectivity index is 1.60. The number of nitrogens with zero attached hydrogens (tertiary/aromatic N) is 2. The van der Waals surface area contributed by atoms with Gasteiger partial charge in [-0.3, -0.25) is 14.5 Å². The van der Waals surface area contributed by atoms with Crippen LogP contribution in [0, 0.1) is 0 Å². The zero-order valence-corrected chi connectivity index (χ0v) is 17.2. The number of rotatable bonds is 6. The van der Waals surface area contributed by atoms with Crippen LogP contribution < -0.4 is 10.6 Å². The van der Waals surface area contributed by atoms with E-state index in [0.29, 0.717) is 5.82 Å². The molecule has 0 aliphatic carbocycles. The average Bonchev–Trinajstić information content (AvgIpc) is 2.69. The van der Waals surface area contributed by atoms with E-state index in [9.17, 15) is 9.59 Å². The summed E-state index contributed by atoms with van der Waals surface area (Å²) in [7, 11) is 1.74. The number of amides is 2. The third-order valence-corrected chi connectivity index (χ3v) is 4.95. The van der Waals surface area contributed by atoms with Crippen molar-refractivity contribution < 1.29 is 9.59 Å². The SMILES string of the molecule is CC(C(=O)Nc1cccc2ccccc12)N(C)CC(=O)Nc1ccc(Br)cn1. The summed E-state index contributed by atoms with van der Waals surface area (Å²) >= 11 is 3.30. The van der Waals surface area contributed by atoms with Crippen molar-refractivity contribution in [3.8, 4) is 0 Å². The molecule has 2 N–H and O–H groups in total. The monoisotopic (exact) mass is 440 g/mol. The molecule has 0 aliphatic rings. The molecular weight excluding hydrogens is 420 g/mol. The minimum Gasteiger partial charge on any atom is -0.324 e. The van der Waals surface area contributed by atoms with E-state index >= 15 is 0 Å². The summed E-state index contributed by atoms with van der Waals surface area (Å²) in [5.74, 6) is 0.0602. The number of fused-ring (bicyclic) bond motifs is 1. The van der Waals surface area contributed by atoms with Crippen LogP contribution in [0.3, 0.4) is 0 Å². The number of benzene rings is 2. The van der Waals surface area contributed by atoms with E-state index in [4.69, 9.17) is 0 Å². The molecule has 0 radical (unpaired) electrons. The van der Waals surface area contributed by atoms with Crippen molar-refractivity contribution >= 4 is 50.0 Å². The minimum atomic E-state index is -0.484. The molecule has 6 nitrogen and oxygen atoms in total. The minimum absolute atomic E-state index is 0.0713. The number of anilines is 2. The van der Waals surface area contributed by atoms with Gasteiger partial charge in [0.1, 0.15) is 5.82 Å². The molecule has 2 amide bonds. The molecule has 7 heteroatoms. The Labute approximate surface area is 172 Å². The molecule has 0 saturated heterocycles. The molecule has 144 valence electrons. The van der Waals surface area contributed by atoms with E-state index in [1.54, 1.807) is 37.2 Å². The fourth-order valence-corrected chi connectivity index (χ4v) is 3.00. The first kappa shape index (κ1) is 20.0. The normalized spacial score (nSPS) is 12.0. The highest BCUT2D eigenvalue weighted by molar-refractivity contribution is 9.10. The quantitative estimate of drug-likeness (QED) is 0.609. The number of hydrogen-bond donors (Lipinski definition) is 2. The fourth-order valence-electron chi connectivity index (χ4n) is 2.77. The Bertz CT molecular complexity index is 986. The van der Waals surface area contributed by atoms with Crippen molar-refractivity contribution in [2.24, 2.45) is 0 Å². The van der Waals surface area contributed by atoms with Crippen LogP contribution in [0.4, 0.5) is 11.5 Å². The van der Waals surface area contributed by atoms with Gasteiger partial charge in [-0.25, -0.2) is 4.98 Å². The molecule has 0 spiro atoms. The Morgan fingerprint density at radius 3 is 2.57 bits per heavy atom. The van der Waals surface area contributed by atoms with E-state index in [1.807, 2.05) is 42.5 Å². The van der Waals surface area contributed by atoms with Gasteiger partial charge in [0.2, 0.25) is 11.8 Å². The summed E-state index contributed by atoms with van der Waals surface area (Å²) in [6, 6.07) is 16.7. The number of likely N-dealkylation sites (N-methyl/N-ethyl adjacent to an activating group) is 1. The number of carbonyl (C=O) groups excluding carboxylic acids is 2. The zero-order valence-electron chi connectivity index (χ0n) is 15.6. The van der Waals surface area contributed by atoms with Gasteiger partial charge >= 0.3 is 0 Å². The molecule has 28 heavy (non-hydrogen) atoms. The maximum absolute atomic E-state index is 12.7. The molecule has 2 aromatic carbocycles. The van der Waals surface area contributed by atoms with Crippen molar-refractivity contribution in [2.45, 2.75) is 13.0 Å². The van der Waals surface area contributed by atoms with Gasteiger partial charge in [-0.05, 0) is 53.5 Å². The summed E-state index contributed by atoms with van der Waals surface area (Å²) in [5, 5.41) is 7.73. The van der Waals surface area contributed by atoms with Crippen LogP contribution in [-0.2, 0) is 9.59 Å². The molecule has 0 saturated carbocycles. The molecule has 0 aliphatic heterocycles. The molecule has 1 aromatic heterocycles. The van der Waals surface area contributed by atoms with E-state index < -0.39 is 6.04 Å². The Morgan fingerprint density at radius 2 is 1.82 bits per heavy atom. The van der Waals surface area contributed by atoms with Crippen LogP contribution in [0.1, 0.15) is 6.92 Å². The summed E-state index contributed by atoms with van der Waals surface area (Å²) < 4.78 is 0.835. The van der Waals surface area contributed by atoms with Crippen LogP contribution in [-0.4, -0.2) is 41.3 Å². The van der Waals surface area contributed by atoms with Crippen LogP contribution in [0.2, 0.25) is 0 Å². The smallest absolute Gasteiger partial charge is 0.241 e. The lowest BCUT2D eigenvalue weighted by Gasteiger charge is -2.23. The van der Waals surface area contributed by atoms with Gasteiger partial charge in [-0.1, -0.05) is 36.4 Å². The number of aromatic nitrogens is 1. The molecule has 1 atom stereocenters. The topological polar surface area (TPSA) is 74.3 Å². The van der Waals surface area contributed by atoms with Crippen LogP contribution >= 0.6 is 15.9 Å². The predicted octanol–water partition coefficient (Wildman–Crippen LogP) is 3.89. The number of hydrogen-bond acceptors (Lipinski definition) is 4. The van der Waals surface area contributed by atoms with E-state index in [0.717, 1.165) is 20.9 Å². The number of pyridine rings is 1. The molecule has 0 bridgehead atoms. The second-order valence-corrected chi connectivity index (χ2v) is 7.43. The van der Waals surface area contributed by atoms with Gasteiger partial charge in [-0.15, -0.1) is 0 Å². The fraction of sp³-hybridized carbons (Fsp3) is 0.190. The second-order valence-electron chi connectivity index (χ2n) is 6.52. The number of nitrogens with one attached hydrogen (secondary N) is 2. The lowest BCUT2D eigenvalue weighted by molar-refractivity contribution is -0.122. The summed E-state index contributed by atoms with van der Waals surface area (Å²) in [5.41, 5.74) is 0.756. The van der Waals surface area contributed by atoms with E-state index in [-0.39, 0.29) is 18.4 Å². The lowest BCUT2D eigenvalue weighted by atomic mass is 10.1. The molecule has 0 fully saturated rings. The third kappa shape index (κ3) is 4.94. The lowest BCUT2D eigenvalue weighted by Crippen LogP contribution is -2.43. The average molecular weight is 441 g/mol. The van der Waals surface area contributed by atoms with E-state index in [1.165, 1.54) is 0 Å². The molecule has 3 rings (SSSR count). The molecule has 1 heterocycles. The Hall–Kier alpha value is -2.77. The highest BCUT2D eigenvalue weighted by atomic mass is 79.9. The molecule has 1 unspecified atom stereocenters. The summed E-state index contributed by atoms with van der Waals surface area (Å²) in [6.07, 6.45) is 1.61. The Morgan fingerprint density at radius 1 is 1.07 bits per heavy atom. The van der Waals surface area contributed by atoms with Gasteiger partial charge in [0.05, 0.1) is 12.6 Å². The van der Waals surface area contributed by atoms with Crippen molar-refractivity contribution in [3.05, 3.63) is 65.3 Å². The largest absolute Gasteiger partial charge is 0.324 e. The Kier molecular flexibility index (Phi) is 6.38. The van der Waals surface area contributed by atoms with Gasteiger partial charge < -0.3 is 10.6 Å². The first-order valence-electron chi connectivity index (χ1n) is 8.84. The first-order chi connectivity index (χ1) is 13.4. The standard InChI is InChI=1S/C21H21BrN4O2/c1-14(26(2)13-20(27)25-19-11-10-16(22)12-23-19)21(28)24-18-9-5-7-15-6-3-4-8-17(15)18/h3-12,14H,13H2,1-2H3,(H,24,28)(H,23,25,27). The van der Waals surface area contributed by atoms with Crippen molar-refractivity contribution in [1.82, 2.24) is 9.88 Å². The van der Waals surface area contributed by atoms with Crippen LogP contribution in [0.25, 0.3) is 10.8 Å². The van der Waals surface area contributed by atoms with Crippen LogP contribution in [0.5, 0.6) is 0 Å². The van der Waals surface area contributed by atoms with Gasteiger partial charge in [0, 0.05) is 21.7 Å². The first-order valence-corrected chi connectivity index (χ1v) is 9.63. The predicted molar refractivity (Wildman–Crippen MR) is 115 cm³/mol. The maximum atomic E-state index is 12.7. The van der Waals surface area contributed by atoms with Gasteiger partial charge in [-0.2, -0.15) is 0 Å².